The average Bonchev–Trinajstić information content (AvgIpc) is 3.19. The molecule has 2 aromatic heterocycles. The van der Waals surface area contributed by atoms with Crippen molar-refractivity contribution in [3.63, 3.8) is 0 Å². The molecule has 0 radical (unpaired) electrons. The van der Waals surface area contributed by atoms with Crippen molar-refractivity contribution in [1.29, 1.82) is 0 Å². The first-order chi connectivity index (χ1) is 12.3. The lowest BCUT2D eigenvalue weighted by Gasteiger charge is -2.21. The van der Waals surface area contributed by atoms with Gasteiger partial charge in [0, 0.05) is 31.2 Å². The summed E-state index contributed by atoms with van der Waals surface area (Å²) >= 11 is 0. The zero-order chi connectivity index (χ0) is 17.1. The highest BCUT2D eigenvalue weighted by Gasteiger charge is 2.43. The number of nitrogens with zero attached hydrogens (tertiary/aromatic N) is 3. The molecule has 2 aliphatic rings. The molecule has 2 saturated carbocycles. The molecule has 6 nitrogen and oxygen atoms in total. The van der Waals surface area contributed by atoms with Crippen molar-refractivity contribution in [2.75, 3.05) is 0 Å². The molecule has 2 atom stereocenters. The minimum atomic E-state index is -0.0655. The number of urea groups is 1. The van der Waals surface area contributed by atoms with Gasteiger partial charge in [-0.05, 0) is 36.0 Å². The molecule has 0 spiro atoms. The van der Waals surface area contributed by atoms with Crippen molar-refractivity contribution in [2.24, 2.45) is 11.8 Å². The normalized spacial score (nSPS) is 23.2. The molecule has 0 aliphatic heterocycles. The monoisotopic (exact) mass is 339 g/mol. The van der Waals surface area contributed by atoms with Gasteiger partial charge in [-0.1, -0.05) is 32.1 Å². The molecule has 132 valence electrons. The summed E-state index contributed by atoms with van der Waals surface area (Å²) in [6.45, 7) is 0.497. The molecular weight excluding hydrogens is 314 g/mol. The van der Waals surface area contributed by atoms with Crippen LogP contribution in [0.25, 0.3) is 5.82 Å². The van der Waals surface area contributed by atoms with Crippen LogP contribution in [0.4, 0.5) is 4.79 Å². The van der Waals surface area contributed by atoms with Crippen molar-refractivity contribution in [3.05, 3.63) is 42.6 Å². The maximum Gasteiger partial charge on any atom is 0.315 e. The zero-order valence-electron chi connectivity index (χ0n) is 14.4. The summed E-state index contributed by atoms with van der Waals surface area (Å²) in [5, 5.41) is 6.10. The number of nitrogens with one attached hydrogen (secondary N) is 2. The molecule has 2 fully saturated rings. The van der Waals surface area contributed by atoms with Gasteiger partial charge in [-0.3, -0.25) is 4.57 Å². The van der Waals surface area contributed by atoms with E-state index in [2.05, 4.69) is 20.6 Å². The first kappa shape index (κ1) is 16.1. The maximum absolute atomic E-state index is 12.2. The maximum atomic E-state index is 12.2. The number of carbonyl (C=O) groups is 1. The molecule has 2 amide bonds. The number of aromatic nitrogens is 3. The molecule has 4 rings (SSSR count). The molecule has 2 unspecified atom stereocenters. The number of rotatable bonds is 5. The smallest absolute Gasteiger partial charge is 0.315 e. The highest BCUT2D eigenvalue weighted by molar-refractivity contribution is 5.74. The van der Waals surface area contributed by atoms with E-state index in [0.29, 0.717) is 18.5 Å². The Bertz CT molecular complexity index is 708. The van der Waals surface area contributed by atoms with Crippen LogP contribution in [0, 0.1) is 11.8 Å². The van der Waals surface area contributed by atoms with E-state index in [-0.39, 0.29) is 6.03 Å². The van der Waals surface area contributed by atoms with Crippen molar-refractivity contribution in [3.8, 4) is 5.82 Å². The van der Waals surface area contributed by atoms with Crippen LogP contribution in [0.1, 0.15) is 44.1 Å². The Labute approximate surface area is 148 Å². The third-order valence-electron chi connectivity index (χ3n) is 5.44. The largest absolute Gasteiger partial charge is 0.335 e. The van der Waals surface area contributed by atoms with Crippen LogP contribution >= 0.6 is 0 Å². The van der Waals surface area contributed by atoms with Crippen LogP contribution in [-0.4, -0.2) is 26.6 Å². The summed E-state index contributed by atoms with van der Waals surface area (Å²) in [4.78, 5) is 20.5. The second kappa shape index (κ2) is 7.25. The van der Waals surface area contributed by atoms with Gasteiger partial charge in [-0.2, -0.15) is 0 Å². The Morgan fingerprint density at radius 1 is 1.24 bits per heavy atom. The minimum absolute atomic E-state index is 0.0655. The highest BCUT2D eigenvalue weighted by atomic mass is 16.2. The van der Waals surface area contributed by atoms with E-state index in [1.165, 1.54) is 32.1 Å². The van der Waals surface area contributed by atoms with Crippen LogP contribution in [0.5, 0.6) is 0 Å². The third-order valence-corrected chi connectivity index (χ3v) is 5.44. The predicted octanol–water partition coefficient (Wildman–Crippen LogP) is 3.04. The summed E-state index contributed by atoms with van der Waals surface area (Å²) in [7, 11) is 0. The molecule has 0 aromatic carbocycles. The highest BCUT2D eigenvalue weighted by Crippen LogP contribution is 2.44. The lowest BCUT2D eigenvalue weighted by atomic mass is 9.85. The Kier molecular flexibility index (Phi) is 4.68. The van der Waals surface area contributed by atoms with E-state index in [0.717, 1.165) is 23.7 Å². The van der Waals surface area contributed by atoms with Gasteiger partial charge in [0.25, 0.3) is 0 Å². The van der Waals surface area contributed by atoms with Gasteiger partial charge in [-0.25, -0.2) is 14.8 Å². The third kappa shape index (κ3) is 4.00. The second-order valence-corrected chi connectivity index (χ2v) is 7.22. The molecule has 2 aliphatic carbocycles. The van der Waals surface area contributed by atoms with Gasteiger partial charge in [0.1, 0.15) is 12.1 Å². The van der Waals surface area contributed by atoms with Gasteiger partial charge in [0.15, 0.2) is 0 Å². The number of amides is 2. The van der Waals surface area contributed by atoms with Gasteiger partial charge >= 0.3 is 6.03 Å². The SMILES string of the molecule is O=C(NCc1ccnc(-n2ccnc2)c1)NC1CC1C1CCCCC1. The fourth-order valence-electron chi connectivity index (χ4n) is 3.97. The molecule has 2 heterocycles. The van der Waals surface area contributed by atoms with Crippen molar-refractivity contribution in [2.45, 2.75) is 51.1 Å². The fourth-order valence-corrected chi connectivity index (χ4v) is 3.97. The number of imidazole rings is 1. The van der Waals surface area contributed by atoms with Crippen LogP contribution in [0.2, 0.25) is 0 Å². The number of hydrogen-bond donors (Lipinski definition) is 2. The van der Waals surface area contributed by atoms with Gasteiger partial charge < -0.3 is 10.6 Å². The summed E-state index contributed by atoms with van der Waals surface area (Å²) in [5.74, 6) is 2.34. The Hall–Kier alpha value is -2.37. The lowest BCUT2D eigenvalue weighted by Crippen LogP contribution is -2.37. The Morgan fingerprint density at radius 3 is 2.92 bits per heavy atom. The molecule has 25 heavy (non-hydrogen) atoms. The topological polar surface area (TPSA) is 71.8 Å². The summed E-state index contributed by atoms with van der Waals surface area (Å²) in [6, 6.07) is 4.19. The van der Waals surface area contributed by atoms with Crippen LogP contribution < -0.4 is 10.6 Å². The van der Waals surface area contributed by atoms with Gasteiger partial charge in [-0.15, -0.1) is 0 Å². The molecule has 6 heteroatoms. The number of carbonyl (C=O) groups excluding carboxylic acids is 1. The van der Waals surface area contributed by atoms with Crippen LogP contribution in [-0.2, 0) is 6.54 Å². The first-order valence-electron chi connectivity index (χ1n) is 9.27. The van der Waals surface area contributed by atoms with E-state index >= 15 is 0 Å². The fraction of sp³-hybridized carbons (Fsp3) is 0.526. The van der Waals surface area contributed by atoms with Gasteiger partial charge in [0.2, 0.25) is 0 Å². The summed E-state index contributed by atoms with van der Waals surface area (Å²) < 4.78 is 1.85. The van der Waals surface area contributed by atoms with E-state index in [1.807, 2.05) is 22.9 Å². The van der Waals surface area contributed by atoms with Gasteiger partial charge in [0.05, 0.1) is 0 Å². The predicted molar refractivity (Wildman–Crippen MR) is 95.2 cm³/mol. The first-order valence-corrected chi connectivity index (χ1v) is 9.27. The molecular formula is C19H25N5O. The number of hydrogen-bond acceptors (Lipinski definition) is 3. The van der Waals surface area contributed by atoms with Crippen LogP contribution in [0.3, 0.4) is 0 Å². The van der Waals surface area contributed by atoms with Crippen LogP contribution in [0.15, 0.2) is 37.1 Å². The Morgan fingerprint density at radius 2 is 2.12 bits per heavy atom. The van der Waals surface area contributed by atoms with Crippen molar-refractivity contribution < 1.29 is 4.79 Å². The molecule has 0 bridgehead atoms. The quantitative estimate of drug-likeness (QED) is 0.879. The van der Waals surface area contributed by atoms with Crippen molar-refractivity contribution in [1.82, 2.24) is 25.2 Å². The standard InChI is InChI=1S/C19H25N5O/c25-19(23-17-11-16(17)15-4-2-1-3-5-15)22-12-14-6-7-21-18(10-14)24-9-8-20-13-24/h6-10,13,15-17H,1-5,11-12H2,(H2,22,23,25). The van der Waals surface area contributed by atoms with E-state index < -0.39 is 0 Å². The molecule has 0 saturated heterocycles. The molecule has 2 aromatic rings. The Balaban J connectivity index is 1.25. The van der Waals surface area contributed by atoms with E-state index in [9.17, 15) is 4.79 Å². The van der Waals surface area contributed by atoms with Crippen molar-refractivity contribution >= 4 is 6.03 Å². The summed E-state index contributed by atoms with van der Waals surface area (Å²) in [6.07, 6.45) is 15.0. The number of pyridine rings is 1. The minimum Gasteiger partial charge on any atom is -0.335 e. The summed E-state index contributed by atoms with van der Waals surface area (Å²) in [5.41, 5.74) is 1.02. The molecule has 2 N–H and O–H groups in total. The van der Waals surface area contributed by atoms with E-state index in [1.54, 1.807) is 18.7 Å². The lowest BCUT2D eigenvalue weighted by molar-refractivity contribution is 0.237. The second-order valence-electron chi connectivity index (χ2n) is 7.22. The zero-order valence-corrected chi connectivity index (χ0v) is 14.4. The van der Waals surface area contributed by atoms with E-state index in [4.69, 9.17) is 0 Å². The average molecular weight is 339 g/mol.